The van der Waals surface area contributed by atoms with Crippen LogP contribution in [0.1, 0.15) is 21.9 Å². The van der Waals surface area contributed by atoms with Crippen molar-refractivity contribution in [1.82, 2.24) is 4.90 Å². The standard InChI is InChI=1S/C12H13NO4/c1-4-5-13(7-11(14)15)12(16)10-6-8(2)17-9(10)3/h1,6H,5,7H2,2-3H3,(H,14,15). The van der Waals surface area contributed by atoms with Gasteiger partial charge in [0, 0.05) is 0 Å². The summed E-state index contributed by atoms with van der Waals surface area (Å²) in [5, 5.41) is 8.69. The largest absolute Gasteiger partial charge is 0.480 e. The van der Waals surface area contributed by atoms with Crippen molar-refractivity contribution in [1.29, 1.82) is 0 Å². The molecular formula is C12H13NO4. The van der Waals surface area contributed by atoms with Gasteiger partial charge in [0.1, 0.15) is 18.1 Å². The van der Waals surface area contributed by atoms with Gasteiger partial charge in [-0.05, 0) is 19.9 Å². The predicted octanol–water partition coefficient (Wildman–Crippen LogP) is 1.06. The van der Waals surface area contributed by atoms with Crippen LogP contribution in [0.15, 0.2) is 10.5 Å². The SMILES string of the molecule is C#CCN(CC(=O)O)C(=O)c1cc(C)oc1C. The maximum atomic E-state index is 12.0. The number of aryl methyl sites for hydroxylation is 2. The highest BCUT2D eigenvalue weighted by molar-refractivity contribution is 5.97. The summed E-state index contributed by atoms with van der Waals surface area (Å²) in [6, 6.07) is 1.57. The monoisotopic (exact) mass is 235 g/mol. The summed E-state index contributed by atoms with van der Waals surface area (Å²) in [4.78, 5) is 23.7. The third kappa shape index (κ3) is 3.11. The summed E-state index contributed by atoms with van der Waals surface area (Å²) < 4.78 is 5.22. The van der Waals surface area contributed by atoms with E-state index in [0.29, 0.717) is 17.1 Å². The summed E-state index contributed by atoms with van der Waals surface area (Å²) in [5.74, 6) is 1.78. The molecule has 0 fully saturated rings. The van der Waals surface area contributed by atoms with Crippen LogP contribution in [0.4, 0.5) is 0 Å². The molecule has 1 rings (SSSR count). The molecule has 0 aromatic carbocycles. The molecule has 1 amide bonds. The Bertz CT molecular complexity index is 481. The number of carboxylic acids is 1. The van der Waals surface area contributed by atoms with Crippen LogP contribution in [0.25, 0.3) is 0 Å². The number of carbonyl (C=O) groups excluding carboxylic acids is 1. The van der Waals surface area contributed by atoms with Crippen molar-refractivity contribution in [3.63, 3.8) is 0 Å². The molecule has 5 heteroatoms. The molecule has 0 radical (unpaired) electrons. The Kier molecular flexibility index (Phi) is 3.94. The average molecular weight is 235 g/mol. The number of terminal acetylenes is 1. The predicted molar refractivity (Wildman–Crippen MR) is 60.6 cm³/mol. The fourth-order valence-corrected chi connectivity index (χ4v) is 1.49. The van der Waals surface area contributed by atoms with Gasteiger partial charge in [0.25, 0.3) is 5.91 Å². The van der Waals surface area contributed by atoms with Crippen molar-refractivity contribution in [2.24, 2.45) is 0 Å². The first-order valence-corrected chi connectivity index (χ1v) is 4.97. The van der Waals surface area contributed by atoms with Crippen molar-refractivity contribution in [3.05, 3.63) is 23.2 Å². The molecule has 1 heterocycles. The second kappa shape index (κ2) is 5.21. The lowest BCUT2D eigenvalue weighted by Crippen LogP contribution is -2.36. The summed E-state index contributed by atoms with van der Waals surface area (Å²) >= 11 is 0. The first kappa shape index (κ1) is 12.8. The van der Waals surface area contributed by atoms with Gasteiger partial charge in [-0.25, -0.2) is 0 Å². The fraction of sp³-hybridized carbons (Fsp3) is 0.333. The van der Waals surface area contributed by atoms with Gasteiger partial charge in [-0.15, -0.1) is 6.42 Å². The Hall–Kier alpha value is -2.22. The molecule has 1 aromatic rings. The minimum absolute atomic E-state index is 0.0468. The van der Waals surface area contributed by atoms with Crippen LogP contribution in [0.3, 0.4) is 0 Å². The molecule has 0 unspecified atom stereocenters. The number of nitrogens with zero attached hydrogens (tertiary/aromatic N) is 1. The molecule has 5 nitrogen and oxygen atoms in total. The van der Waals surface area contributed by atoms with Crippen molar-refractivity contribution in [2.45, 2.75) is 13.8 Å². The minimum atomic E-state index is -1.11. The summed E-state index contributed by atoms with van der Waals surface area (Å²) in [7, 11) is 0. The highest BCUT2D eigenvalue weighted by Crippen LogP contribution is 2.15. The highest BCUT2D eigenvalue weighted by atomic mass is 16.4. The molecule has 90 valence electrons. The smallest absolute Gasteiger partial charge is 0.323 e. The Morgan fingerprint density at radius 1 is 1.53 bits per heavy atom. The number of furan rings is 1. The van der Waals surface area contributed by atoms with E-state index in [2.05, 4.69) is 5.92 Å². The van der Waals surface area contributed by atoms with E-state index in [0.717, 1.165) is 4.90 Å². The summed E-state index contributed by atoms with van der Waals surface area (Å²) in [6.07, 6.45) is 5.10. The van der Waals surface area contributed by atoms with Crippen molar-refractivity contribution >= 4 is 11.9 Å². The molecule has 0 bridgehead atoms. The molecule has 1 N–H and O–H groups in total. The van der Waals surface area contributed by atoms with Gasteiger partial charge in [-0.3, -0.25) is 9.59 Å². The molecule has 0 aliphatic carbocycles. The van der Waals surface area contributed by atoms with E-state index in [4.69, 9.17) is 15.9 Å². The van der Waals surface area contributed by atoms with E-state index in [1.165, 1.54) is 0 Å². The van der Waals surface area contributed by atoms with Gasteiger partial charge in [-0.1, -0.05) is 5.92 Å². The first-order valence-electron chi connectivity index (χ1n) is 4.97. The maximum Gasteiger partial charge on any atom is 0.323 e. The Morgan fingerprint density at radius 2 is 2.18 bits per heavy atom. The molecule has 0 saturated carbocycles. The third-order valence-electron chi connectivity index (χ3n) is 2.17. The van der Waals surface area contributed by atoms with Crippen LogP contribution >= 0.6 is 0 Å². The van der Waals surface area contributed by atoms with E-state index in [1.54, 1.807) is 19.9 Å². The molecular weight excluding hydrogens is 222 g/mol. The average Bonchev–Trinajstić information content (AvgIpc) is 2.55. The lowest BCUT2D eigenvalue weighted by Gasteiger charge is -2.17. The van der Waals surface area contributed by atoms with Crippen LogP contribution in [-0.2, 0) is 4.79 Å². The Labute approximate surface area is 99.0 Å². The van der Waals surface area contributed by atoms with E-state index < -0.39 is 18.4 Å². The van der Waals surface area contributed by atoms with Gasteiger partial charge in [0.05, 0.1) is 12.1 Å². The minimum Gasteiger partial charge on any atom is -0.480 e. The quantitative estimate of drug-likeness (QED) is 0.792. The molecule has 17 heavy (non-hydrogen) atoms. The number of aliphatic carboxylic acids is 1. The van der Waals surface area contributed by atoms with Crippen LogP contribution in [0.2, 0.25) is 0 Å². The Morgan fingerprint density at radius 3 is 2.59 bits per heavy atom. The lowest BCUT2D eigenvalue weighted by molar-refractivity contribution is -0.137. The summed E-state index contributed by atoms with van der Waals surface area (Å²) in [5.41, 5.74) is 0.346. The third-order valence-corrected chi connectivity index (χ3v) is 2.17. The number of carboxylic acid groups (broad SMARTS) is 1. The molecule has 1 aromatic heterocycles. The van der Waals surface area contributed by atoms with Gasteiger partial charge in [0.2, 0.25) is 0 Å². The number of hydrogen-bond donors (Lipinski definition) is 1. The number of carbonyl (C=O) groups is 2. The molecule has 0 spiro atoms. The molecule has 0 atom stereocenters. The maximum absolute atomic E-state index is 12.0. The van der Waals surface area contributed by atoms with E-state index in [1.807, 2.05) is 0 Å². The highest BCUT2D eigenvalue weighted by Gasteiger charge is 2.21. The van der Waals surface area contributed by atoms with Crippen LogP contribution in [0, 0.1) is 26.2 Å². The molecule has 0 aliphatic heterocycles. The lowest BCUT2D eigenvalue weighted by atomic mass is 10.2. The zero-order valence-corrected chi connectivity index (χ0v) is 9.69. The van der Waals surface area contributed by atoms with Gasteiger partial charge in [0.15, 0.2) is 0 Å². The van der Waals surface area contributed by atoms with Crippen LogP contribution in [-0.4, -0.2) is 35.0 Å². The first-order chi connectivity index (χ1) is 7.95. The van der Waals surface area contributed by atoms with Gasteiger partial charge >= 0.3 is 5.97 Å². The zero-order valence-electron chi connectivity index (χ0n) is 9.69. The van der Waals surface area contributed by atoms with E-state index in [9.17, 15) is 9.59 Å². The molecule has 0 aliphatic rings. The second-order valence-electron chi connectivity index (χ2n) is 3.59. The van der Waals surface area contributed by atoms with Crippen molar-refractivity contribution in [3.8, 4) is 12.3 Å². The van der Waals surface area contributed by atoms with Gasteiger partial charge in [-0.2, -0.15) is 0 Å². The van der Waals surface area contributed by atoms with Crippen LogP contribution < -0.4 is 0 Å². The fourth-order valence-electron chi connectivity index (χ4n) is 1.49. The second-order valence-corrected chi connectivity index (χ2v) is 3.59. The van der Waals surface area contributed by atoms with Crippen LogP contribution in [0.5, 0.6) is 0 Å². The van der Waals surface area contributed by atoms with E-state index >= 15 is 0 Å². The van der Waals surface area contributed by atoms with Gasteiger partial charge < -0.3 is 14.4 Å². The summed E-state index contributed by atoms with van der Waals surface area (Å²) in [6.45, 7) is 2.89. The van der Waals surface area contributed by atoms with E-state index in [-0.39, 0.29) is 6.54 Å². The molecule has 0 saturated heterocycles. The number of hydrogen-bond acceptors (Lipinski definition) is 3. The van der Waals surface area contributed by atoms with Crippen molar-refractivity contribution < 1.29 is 19.1 Å². The Balaban J connectivity index is 2.95. The normalized spacial score (nSPS) is 9.71. The van der Waals surface area contributed by atoms with Crippen molar-refractivity contribution in [2.75, 3.05) is 13.1 Å². The number of rotatable bonds is 4. The topological polar surface area (TPSA) is 70.8 Å². The zero-order chi connectivity index (χ0) is 13.0. The number of amides is 1.